The molecule has 2 aliphatic carbocycles. The number of benzene rings is 2. The van der Waals surface area contributed by atoms with Gasteiger partial charge in [0.1, 0.15) is 5.82 Å². The zero-order valence-corrected chi connectivity index (χ0v) is 39.6. The number of hydrogen-bond acceptors (Lipinski definition) is 9. The van der Waals surface area contributed by atoms with Crippen molar-refractivity contribution in [1.29, 1.82) is 0 Å². The number of halogens is 1. The molecule has 4 heterocycles. The number of rotatable bonds is 14. The van der Waals surface area contributed by atoms with Crippen LogP contribution < -0.4 is 20.9 Å². The van der Waals surface area contributed by atoms with E-state index in [1.54, 1.807) is 40.5 Å². The Kier molecular flexibility index (Phi) is 18.3. The van der Waals surface area contributed by atoms with Gasteiger partial charge in [-0.05, 0) is 94.0 Å². The van der Waals surface area contributed by atoms with E-state index < -0.39 is 17.8 Å². The first-order valence-corrected chi connectivity index (χ1v) is 22.1. The van der Waals surface area contributed by atoms with Gasteiger partial charge in [-0.1, -0.05) is 67.8 Å². The maximum atomic E-state index is 15.0. The SMILES string of the molecule is C/C=C\C=C/C.O=[C-]NC(C(=O)NSCC12CCC(NCC(=O)N3CCN(C(=O)c4cc(Cc5n[nH]c(=O)c6ccccc56)ccc4F)CC3)(CC1)CO2)C1CCCCC1.S.[Fm]. The van der Waals surface area contributed by atoms with E-state index in [-0.39, 0.29) is 73.1 Å². The van der Waals surface area contributed by atoms with Crippen LogP contribution in [0.5, 0.6) is 0 Å². The molecule has 17 heteroatoms. The summed E-state index contributed by atoms with van der Waals surface area (Å²) in [5, 5.41) is 14.0. The van der Waals surface area contributed by atoms with Crippen LogP contribution in [0.3, 0.4) is 0 Å². The smallest absolute Gasteiger partial charge is 0.272 e. The van der Waals surface area contributed by atoms with Crippen LogP contribution in [0.4, 0.5) is 4.39 Å². The van der Waals surface area contributed by atoms with Crippen LogP contribution >= 0.6 is 25.4 Å². The molecule has 2 bridgehead atoms. The molecule has 62 heavy (non-hydrogen) atoms. The normalized spacial score (nSPS) is 21.7. The van der Waals surface area contributed by atoms with Crippen LogP contribution in [0, 0.1) is 11.7 Å². The Morgan fingerprint density at radius 3 is 2.27 bits per heavy atom. The van der Waals surface area contributed by atoms with Crippen LogP contribution in [-0.4, -0.2) is 106 Å². The van der Waals surface area contributed by atoms with Crippen LogP contribution in [0.15, 0.2) is 71.6 Å². The molecule has 0 radical (unpaired) electrons. The molecule has 4 N–H and O–H groups in total. The number of piperazine rings is 1. The zero-order valence-electron chi connectivity index (χ0n) is 35.4. The molecule has 3 aliphatic heterocycles. The Morgan fingerprint density at radius 1 is 0.984 bits per heavy atom. The minimum absolute atomic E-state index is 0. The number of H-pyrrole nitrogens is 1. The first-order chi connectivity index (χ1) is 29.1. The molecule has 0 spiro atoms. The number of fused-ring (bicyclic) bond motifs is 4. The molecule has 3 aromatic rings. The minimum atomic E-state index is -0.617. The number of nitrogens with zero attached hydrogens (tertiary/aromatic N) is 3. The molecular weight excluding hydrogens is 1070 g/mol. The Labute approximate surface area is 368 Å². The van der Waals surface area contributed by atoms with Gasteiger partial charge in [0.05, 0.1) is 41.4 Å². The Bertz CT molecular complexity index is 2070. The van der Waals surface area contributed by atoms with Crippen molar-refractivity contribution < 1.29 is 28.3 Å². The molecule has 5 aliphatic rings. The third-order valence-corrected chi connectivity index (χ3v) is 13.4. The fourth-order valence-corrected chi connectivity index (χ4v) is 9.66. The van der Waals surface area contributed by atoms with Crippen molar-refractivity contribution in [2.45, 2.75) is 95.2 Å². The van der Waals surface area contributed by atoms with E-state index in [2.05, 4.69) is 25.6 Å². The number of ether oxygens (including phenoxy) is 1. The summed E-state index contributed by atoms with van der Waals surface area (Å²) < 4.78 is 24.3. The van der Waals surface area contributed by atoms with Crippen LogP contribution in [0.1, 0.15) is 93.3 Å². The van der Waals surface area contributed by atoms with Gasteiger partial charge in [0.15, 0.2) is 0 Å². The second-order valence-corrected chi connectivity index (χ2v) is 17.0. The molecular formula is C45H59FFmN7O6S2-. The maximum Gasteiger partial charge on any atom is 0.272 e. The average molecular weight is 1130 g/mol. The van der Waals surface area contributed by atoms with Crippen molar-refractivity contribution in [3.8, 4) is 0 Å². The van der Waals surface area contributed by atoms with E-state index in [1.165, 1.54) is 18.0 Å². The molecule has 13 nitrogen and oxygen atoms in total. The molecule has 5 fully saturated rings. The Balaban J connectivity index is 0.000000987. The van der Waals surface area contributed by atoms with E-state index >= 15 is 0 Å². The number of nitrogens with one attached hydrogen (secondary N) is 4. The minimum Gasteiger partial charge on any atom is -0.520 e. The first-order valence-electron chi connectivity index (χ1n) is 21.1. The zero-order chi connectivity index (χ0) is 42.5. The van der Waals surface area contributed by atoms with Crippen molar-refractivity contribution in [2.75, 3.05) is 45.1 Å². The van der Waals surface area contributed by atoms with E-state index in [0.29, 0.717) is 53.9 Å². The van der Waals surface area contributed by atoms with Crippen LogP contribution in [-0.2, 0) is 25.5 Å². The standard InChI is InChI=1S/C39H47FN7O6S.C6H10.Fm.H2S/c40-31-11-10-26(21-32-28-8-4-5-9-29(28)35(50)44-43-32)20-30(31)37(52)47-18-16-46(17-19-47)33(49)22-42-38-12-14-39(15-13-38,53-23-38)24-54-45-36(51)34(41-25-48)27-6-2-1-3-7-27;1-3-5-6-4-2;;/h4-5,8-11,20,27,34,42H,1-3,6-7,12-19,21-24H2,(H,41,48)(H,44,50)(H,45,51);3-6H,1-2H3;;1H2/q-1;;;/b;5-3-,6-4-;;. The third-order valence-electron chi connectivity index (χ3n) is 12.3. The van der Waals surface area contributed by atoms with E-state index in [1.807, 2.05) is 50.3 Å². The van der Waals surface area contributed by atoms with Gasteiger partial charge in [-0.2, -0.15) is 25.0 Å². The summed E-state index contributed by atoms with van der Waals surface area (Å²) in [6, 6.07) is 11.0. The van der Waals surface area contributed by atoms with Crippen molar-refractivity contribution >= 4 is 60.3 Å². The second-order valence-electron chi connectivity index (χ2n) is 16.2. The van der Waals surface area contributed by atoms with Gasteiger partial charge in [0.25, 0.3) is 11.5 Å². The summed E-state index contributed by atoms with van der Waals surface area (Å²) in [7, 11) is 0. The molecule has 4 amide bonds. The largest absolute Gasteiger partial charge is 0.520 e. The number of carbonyl (C=O) groups excluding carboxylic acids is 4. The maximum absolute atomic E-state index is 15.0. The fourth-order valence-electron chi connectivity index (χ4n) is 8.68. The van der Waals surface area contributed by atoms with Crippen LogP contribution in [0.2, 0.25) is 0 Å². The molecule has 3 saturated heterocycles. The molecule has 8 rings (SSSR count). The summed E-state index contributed by atoms with van der Waals surface area (Å²) in [5.74, 6) is -0.551. The number of carbonyl (C=O) groups is 3. The first kappa shape index (κ1) is 49.1. The summed E-state index contributed by atoms with van der Waals surface area (Å²) in [6.45, 7) is 5.90. The van der Waals surface area contributed by atoms with Crippen molar-refractivity contribution in [2.24, 2.45) is 5.92 Å². The van der Waals surface area contributed by atoms with Crippen LogP contribution in [0.25, 0.3) is 10.8 Å². The molecule has 342 valence electrons. The van der Waals surface area contributed by atoms with Gasteiger partial charge in [-0.3, -0.25) is 23.9 Å². The van der Waals surface area contributed by atoms with Crippen molar-refractivity contribution in [1.82, 2.24) is 35.4 Å². The quantitative estimate of drug-likeness (QED) is 0.0733. The summed E-state index contributed by atoms with van der Waals surface area (Å²) in [4.78, 5) is 66.3. The topological polar surface area (TPSA) is 166 Å². The summed E-state index contributed by atoms with van der Waals surface area (Å²) in [5.41, 5.74) is 0.347. The van der Waals surface area contributed by atoms with Gasteiger partial charge >= 0.3 is 0 Å². The van der Waals surface area contributed by atoms with Gasteiger partial charge in [-0.25, -0.2) is 9.49 Å². The average Bonchev–Trinajstić information content (AvgIpc) is 3.29. The molecule has 2 saturated carbocycles. The molecule has 1 unspecified atom stereocenters. The number of aromatic nitrogens is 2. The third kappa shape index (κ3) is 12.1. The second kappa shape index (κ2) is 23.1. The molecule has 2 aromatic carbocycles. The van der Waals surface area contributed by atoms with Crippen molar-refractivity contribution in [3.05, 3.63) is 99.8 Å². The summed E-state index contributed by atoms with van der Waals surface area (Å²) >= 11 is 1.34. The van der Waals surface area contributed by atoms with Crippen molar-refractivity contribution in [3.63, 3.8) is 0 Å². The fraction of sp³-hybridized carbons (Fsp3) is 0.511. The number of amides is 4. The predicted molar refractivity (Wildman–Crippen MR) is 242 cm³/mol. The predicted octanol–water partition coefficient (Wildman–Crippen LogP) is 5.23. The van der Waals surface area contributed by atoms with Gasteiger partial charge < -0.3 is 30.0 Å². The number of aromatic amines is 1. The van der Waals surface area contributed by atoms with Gasteiger partial charge in [-0.15, -0.1) is 0 Å². The number of hydrogen-bond donors (Lipinski definition) is 4. The van der Waals surface area contributed by atoms with Gasteiger partial charge in [0.2, 0.25) is 11.8 Å². The Hall–Kier alpha value is -5.51. The molecule has 1 aromatic heterocycles. The van der Waals surface area contributed by atoms with Gasteiger partial charge in [0, 0.05) is 49.3 Å². The van der Waals surface area contributed by atoms with E-state index in [0.717, 1.165) is 57.8 Å². The monoisotopic (exact) mass is 1130 g/mol. The van der Waals surface area contributed by atoms with E-state index in [9.17, 15) is 28.4 Å². The Morgan fingerprint density at radius 2 is 1.65 bits per heavy atom. The van der Waals surface area contributed by atoms with E-state index in [4.69, 9.17) is 4.74 Å². The molecule has 1 atom stereocenters. The summed E-state index contributed by atoms with van der Waals surface area (Å²) in [6.07, 6.45) is 18.5. The number of allylic oxidation sites excluding steroid dienone is 4.